The van der Waals surface area contributed by atoms with Crippen molar-refractivity contribution in [1.29, 1.82) is 0 Å². The lowest BCUT2D eigenvalue weighted by molar-refractivity contribution is -0.119. The number of anilines is 1. The number of aryl methyl sites for hydroxylation is 1. The highest BCUT2D eigenvalue weighted by Gasteiger charge is 2.43. The molecule has 1 fully saturated rings. The van der Waals surface area contributed by atoms with Crippen molar-refractivity contribution in [3.05, 3.63) is 75.8 Å². The molecule has 5 heteroatoms. The highest BCUT2D eigenvalue weighted by molar-refractivity contribution is 6.33. The van der Waals surface area contributed by atoms with E-state index in [9.17, 15) is 14.7 Å². The van der Waals surface area contributed by atoms with E-state index >= 15 is 0 Å². The van der Waals surface area contributed by atoms with Crippen molar-refractivity contribution in [1.82, 2.24) is 0 Å². The minimum Gasteiger partial charge on any atom is -0.388 e. The molecule has 0 unspecified atom stereocenters. The summed E-state index contributed by atoms with van der Waals surface area (Å²) in [5, 5.41) is 15.6. The molecular weight excluding hydrogens is 378 g/mol. The molecule has 3 aliphatic rings. The van der Waals surface area contributed by atoms with E-state index in [-0.39, 0.29) is 29.8 Å². The van der Waals surface area contributed by atoms with Crippen molar-refractivity contribution in [2.24, 2.45) is 0 Å². The normalized spacial score (nSPS) is 26.6. The van der Waals surface area contributed by atoms with Gasteiger partial charge in [-0.3, -0.25) is 9.59 Å². The van der Waals surface area contributed by atoms with Crippen LogP contribution in [0.2, 0.25) is 0 Å². The number of ketones is 2. The number of aliphatic hydroxyl groups excluding tert-OH is 1. The molecule has 1 saturated heterocycles. The largest absolute Gasteiger partial charge is 0.388 e. The van der Waals surface area contributed by atoms with Gasteiger partial charge in [-0.05, 0) is 36.8 Å². The van der Waals surface area contributed by atoms with Crippen LogP contribution in [-0.4, -0.2) is 34.9 Å². The molecule has 0 amide bonds. The van der Waals surface area contributed by atoms with E-state index in [1.54, 1.807) is 12.1 Å². The Hall–Kier alpha value is -3.02. The summed E-state index contributed by atoms with van der Waals surface area (Å²) in [5.41, 5.74) is 4.34. The fourth-order valence-electron chi connectivity index (χ4n) is 5.24. The molecule has 0 spiro atoms. The van der Waals surface area contributed by atoms with Gasteiger partial charge < -0.3 is 15.2 Å². The van der Waals surface area contributed by atoms with Gasteiger partial charge in [-0.1, -0.05) is 35.9 Å². The molecule has 2 heterocycles. The number of aliphatic hydroxyl groups is 1. The summed E-state index contributed by atoms with van der Waals surface area (Å²) in [7, 11) is 0. The zero-order chi connectivity index (χ0) is 20.7. The molecule has 3 aromatic carbocycles. The van der Waals surface area contributed by atoms with Crippen LogP contribution in [0.3, 0.4) is 0 Å². The van der Waals surface area contributed by atoms with Crippen molar-refractivity contribution < 1.29 is 19.4 Å². The van der Waals surface area contributed by atoms with Gasteiger partial charge >= 0.3 is 0 Å². The Morgan fingerprint density at radius 2 is 1.73 bits per heavy atom. The van der Waals surface area contributed by atoms with Crippen LogP contribution in [0.4, 0.5) is 5.69 Å². The fourth-order valence-corrected chi connectivity index (χ4v) is 5.24. The molecule has 150 valence electrons. The van der Waals surface area contributed by atoms with Crippen molar-refractivity contribution in [2.45, 2.75) is 44.6 Å². The van der Waals surface area contributed by atoms with Gasteiger partial charge in [-0.15, -0.1) is 0 Å². The van der Waals surface area contributed by atoms with Crippen molar-refractivity contribution in [2.75, 3.05) is 5.32 Å². The zero-order valence-corrected chi connectivity index (χ0v) is 16.7. The molecule has 3 aromatic rings. The summed E-state index contributed by atoms with van der Waals surface area (Å²) in [6.45, 7) is 3.86. The monoisotopic (exact) mass is 399 g/mol. The Kier molecular flexibility index (Phi) is 3.56. The SMILES string of the molecule is Cc1ccc2c3c(ccc2c1)C(=O)c1c(ccc2c1N[C@@H]1C[C@H]2O[C@H](C)[C@H]1O)C3=O. The lowest BCUT2D eigenvalue weighted by Crippen LogP contribution is -2.50. The van der Waals surface area contributed by atoms with E-state index in [1.807, 2.05) is 44.2 Å². The second-order valence-electron chi connectivity index (χ2n) is 8.63. The quantitative estimate of drug-likeness (QED) is 0.469. The van der Waals surface area contributed by atoms with Crippen LogP contribution < -0.4 is 5.32 Å². The third-order valence-electron chi connectivity index (χ3n) is 6.77. The summed E-state index contributed by atoms with van der Waals surface area (Å²) in [4.78, 5) is 27.1. The molecule has 2 bridgehead atoms. The lowest BCUT2D eigenvalue weighted by Gasteiger charge is -2.44. The van der Waals surface area contributed by atoms with E-state index in [2.05, 4.69) is 5.32 Å². The van der Waals surface area contributed by atoms with Gasteiger partial charge in [0.15, 0.2) is 11.6 Å². The lowest BCUT2D eigenvalue weighted by atomic mass is 9.77. The first-order valence-electron chi connectivity index (χ1n) is 10.3. The van der Waals surface area contributed by atoms with E-state index in [1.165, 1.54) is 0 Å². The maximum Gasteiger partial charge on any atom is 0.196 e. The summed E-state index contributed by atoms with van der Waals surface area (Å²) < 4.78 is 6.00. The van der Waals surface area contributed by atoms with Gasteiger partial charge in [0.25, 0.3) is 0 Å². The average molecular weight is 399 g/mol. The number of ether oxygens (including phenoxy) is 1. The zero-order valence-electron chi connectivity index (χ0n) is 16.7. The third-order valence-corrected chi connectivity index (χ3v) is 6.77. The number of benzene rings is 3. The number of nitrogens with one attached hydrogen (secondary N) is 1. The van der Waals surface area contributed by atoms with Gasteiger partial charge in [-0.25, -0.2) is 0 Å². The van der Waals surface area contributed by atoms with Crippen LogP contribution in [0.15, 0.2) is 42.5 Å². The number of carbonyl (C=O) groups excluding carboxylic acids is 2. The molecule has 30 heavy (non-hydrogen) atoms. The molecule has 4 atom stereocenters. The molecule has 6 rings (SSSR count). The number of rotatable bonds is 0. The molecule has 5 nitrogen and oxygen atoms in total. The minimum atomic E-state index is -0.667. The predicted molar refractivity (Wildman–Crippen MR) is 113 cm³/mol. The van der Waals surface area contributed by atoms with Crippen molar-refractivity contribution in [3.63, 3.8) is 0 Å². The maximum absolute atomic E-state index is 13.6. The fraction of sp³-hybridized carbons (Fsp3) is 0.280. The number of carbonyl (C=O) groups is 2. The first-order chi connectivity index (χ1) is 14.4. The van der Waals surface area contributed by atoms with E-state index in [0.717, 1.165) is 21.9 Å². The second-order valence-corrected chi connectivity index (χ2v) is 8.63. The highest BCUT2D eigenvalue weighted by atomic mass is 16.5. The first-order valence-corrected chi connectivity index (χ1v) is 10.3. The summed E-state index contributed by atoms with van der Waals surface area (Å²) in [5.74, 6) is -0.293. The summed E-state index contributed by atoms with van der Waals surface area (Å²) in [6, 6.07) is 13.0. The predicted octanol–water partition coefficient (Wildman–Crippen LogP) is 3.93. The van der Waals surface area contributed by atoms with E-state index in [4.69, 9.17) is 4.74 Å². The average Bonchev–Trinajstić information content (AvgIpc) is 2.74. The van der Waals surface area contributed by atoms with Crippen LogP contribution in [0.25, 0.3) is 10.8 Å². The van der Waals surface area contributed by atoms with Crippen LogP contribution in [0.1, 0.15) is 62.4 Å². The Morgan fingerprint density at radius 3 is 2.57 bits per heavy atom. The molecule has 2 N–H and O–H groups in total. The van der Waals surface area contributed by atoms with Crippen LogP contribution >= 0.6 is 0 Å². The summed E-state index contributed by atoms with van der Waals surface area (Å²) in [6.07, 6.45) is -0.517. The highest BCUT2D eigenvalue weighted by Crippen LogP contribution is 2.46. The van der Waals surface area contributed by atoms with E-state index < -0.39 is 6.10 Å². The smallest absolute Gasteiger partial charge is 0.196 e. The second kappa shape index (κ2) is 6.00. The minimum absolute atomic E-state index is 0.135. The molecular formula is C25H21NO4. The molecule has 0 saturated carbocycles. The van der Waals surface area contributed by atoms with E-state index in [0.29, 0.717) is 34.4 Å². The molecule has 1 aliphatic carbocycles. The standard InChI is InChI=1S/C25H21NO4/c1-11-3-5-14-13(9-11)4-6-16-20(14)24(28)17-8-7-15-19-10-18(23(27)12(2)30-19)26-22(15)21(17)25(16)29/h3-9,12,18-19,23,26-27H,10H2,1-2H3/t12-,18-,19-,23-/m1/s1. The van der Waals surface area contributed by atoms with Gasteiger partial charge in [0.1, 0.15) is 6.10 Å². The Balaban J connectivity index is 1.57. The Morgan fingerprint density at radius 1 is 1.00 bits per heavy atom. The molecule has 0 radical (unpaired) electrons. The van der Waals surface area contributed by atoms with Crippen molar-refractivity contribution in [3.8, 4) is 0 Å². The number of fused-ring (bicyclic) bond motifs is 9. The van der Waals surface area contributed by atoms with Crippen LogP contribution in [0, 0.1) is 6.92 Å². The Labute approximate surface area is 173 Å². The van der Waals surface area contributed by atoms with Gasteiger partial charge in [0.2, 0.25) is 0 Å². The van der Waals surface area contributed by atoms with Gasteiger partial charge in [-0.2, -0.15) is 0 Å². The third kappa shape index (κ3) is 2.25. The molecule has 0 aromatic heterocycles. The maximum atomic E-state index is 13.6. The number of hydrogen-bond donors (Lipinski definition) is 2. The Bertz CT molecular complexity index is 1280. The summed E-state index contributed by atoms with van der Waals surface area (Å²) >= 11 is 0. The van der Waals surface area contributed by atoms with Gasteiger partial charge in [0.05, 0.1) is 29.5 Å². The topological polar surface area (TPSA) is 75.6 Å². The first kappa shape index (κ1) is 17.8. The van der Waals surface area contributed by atoms with Crippen LogP contribution in [0.5, 0.6) is 0 Å². The van der Waals surface area contributed by atoms with Crippen molar-refractivity contribution >= 4 is 28.0 Å². The van der Waals surface area contributed by atoms with Gasteiger partial charge in [0, 0.05) is 28.7 Å². The van der Waals surface area contributed by atoms with Crippen LogP contribution in [-0.2, 0) is 4.74 Å². The molecule has 2 aliphatic heterocycles. The number of hydrogen-bond acceptors (Lipinski definition) is 5.